The van der Waals surface area contributed by atoms with E-state index >= 15 is 0 Å². The number of benzene rings is 1. The van der Waals surface area contributed by atoms with Gasteiger partial charge in [0.1, 0.15) is 5.75 Å². The van der Waals surface area contributed by atoms with Crippen molar-refractivity contribution in [3.8, 4) is 17.2 Å². The third kappa shape index (κ3) is 7.19. The van der Waals surface area contributed by atoms with Gasteiger partial charge in [0, 0.05) is 18.0 Å². The summed E-state index contributed by atoms with van der Waals surface area (Å²) in [5.74, 6) is 1.68. The number of aromatic nitrogens is 1. The highest BCUT2D eigenvalue weighted by molar-refractivity contribution is 5.89. The number of aryl methyl sites for hydroxylation is 1. The third-order valence-electron chi connectivity index (χ3n) is 5.61. The van der Waals surface area contributed by atoms with Crippen LogP contribution in [-0.4, -0.2) is 24.9 Å². The lowest BCUT2D eigenvalue weighted by molar-refractivity contribution is 0.256. The van der Waals surface area contributed by atoms with E-state index in [1.807, 2.05) is 22.8 Å². The topological polar surface area (TPSA) is 49.7 Å². The predicted octanol–water partition coefficient (Wildman–Crippen LogP) is 6.73. The molecule has 1 aromatic carbocycles. The molecule has 0 bridgehead atoms. The number of hydrogen-bond acceptors (Lipinski definition) is 4. The van der Waals surface area contributed by atoms with Gasteiger partial charge in [-0.1, -0.05) is 65.7 Å². The number of pyridine rings is 1. The molecule has 5 heteroatoms. The van der Waals surface area contributed by atoms with Gasteiger partial charge in [0.2, 0.25) is 5.75 Å². The Morgan fingerprint density at radius 3 is 1.97 bits per heavy atom. The Morgan fingerprint density at radius 1 is 0.774 bits per heavy atom. The molecule has 0 atom stereocenters. The molecule has 0 amide bonds. The minimum Gasteiger partial charge on any atom is -0.497 e. The molecule has 2 aromatic rings. The molecule has 0 saturated carbocycles. The van der Waals surface area contributed by atoms with E-state index in [4.69, 9.17) is 14.2 Å². The Kier molecular flexibility index (Phi) is 11.3. The zero-order valence-corrected chi connectivity index (χ0v) is 20.0. The summed E-state index contributed by atoms with van der Waals surface area (Å²) in [6, 6.07) is 5.84. The minimum atomic E-state index is -0.103. The minimum absolute atomic E-state index is 0.103. The van der Waals surface area contributed by atoms with Crippen LogP contribution in [0, 0.1) is 0 Å². The smallest absolute Gasteiger partial charge is 0.297 e. The molecule has 0 spiro atoms. The molecule has 2 rings (SSSR count). The van der Waals surface area contributed by atoms with Crippen molar-refractivity contribution in [1.29, 1.82) is 0 Å². The zero-order valence-electron chi connectivity index (χ0n) is 20.0. The summed E-state index contributed by atoms with van der Waals surface area (Å²) in [6.45, 7) is 8.30. The molecule has 5 nitrogen and oxygen atoms in total. The molecule has 0 N–H and O–H groups in total. The maximum atomic E-state index is 13.5. The Labute approximate surface area is 187 Å². The van der Waals surface area contributed by atoms with Crippen LogP contribution >= 0.6 is 0 Å². The summed E-state index contributed by atoms with van der Waals surface area (Å²) in [7, 11) is 1.65. The van der Waals surface area contributed by atoms with Gasteiger partial charge in [0.15, 0.2) is 5.75 Å². The second-order valence-electron chi connectivity index (χ2n) is 8.17. The Balaban J connectivity index is 2.44. The quantitative estimate of drug-likeness (QED) is 0.277. The molecule has 0 unspecified atom stereocenters. The van der Waals surface area contributed by atoms with E-state index in [1.54, 1.807) is 7.11 Å². The highest BCUT2D eigenvalue weighted by atomic mass is 16.5. The molecule has 0 radical (unpaired) electrons. The lowest BCUT2D eigenvalue weighted by Gasteiger charge is -2.19. The standard InChI is InChI=1S/C26H41NO4/c1-5-8-11-13-18-30-24-22-16-15-21(29-4)20-23(22)27(17-10-7-3)26(28)25(24)31-19-14-12-9-6-2/h15-16,20H,5-14,17-19H2,1-4H3. The first-order valence-electron chi connectivity index (χ1n) is 12.2. The van der Waals surface area contributed by atoms with Crippen LogP contribution < -0.4 is 19.8 Å². The summed E-state index contributed by atoms with van der Waals surface area (Å²) in [5.41, 5.74) is 0.743. The van der Waals surface area contributed by atoms with Crippen LogP contribution in [0.2, 0.25) is 0 Å². The number of methoxy groups -OCH3 is 1. The van der Waals surface area contributed by atoms with Crippen LogP contribution in [0.1, 0.15) is 85.0 Å². The monoisotopic (exact) mass is 431 g/mol. The number of fused-ring (bicyclic) bond motifs is 1. The van der Waals surface area contributed by atoms with Crippen molar-refractivity contribution in [1.82, 2.24) is 4.57 Å². The summed E-state index contributed by atoms with van der Waals surface area (Å²) in [4.78, 5) is 13.5. The molecular weight excluding hydrogens is 390 g/mol. The molecule has 0 aliphatic rings. The van der Waals surface area contributed by atoms with E-state index in [9.17, 15) is 4.79 Å². The van der Waals surface area contributed by atoms with Gasteiger partial charge in [-0.25, -0.2) is 0 Å². The van der Waals surface area contributed by atoms with Gasteiger partial charge < -0.3 is 18.8 Å². The molecule has 1 aromatic heterocycles. The molecule has 0 saturated heterocycles. The van der Waals surface area contributed by atoms with Crippen molar-refractivity contribution in [3.63, 3.8) is 0 Å². The van der Waals surface area contributed by atoms with Crippen LogP contribution in [0.4, 0.5) is 0 Å². The number of rotatable bonds is 16. The number of ether oxygens (including phenoxy) is 3. The fourth-order valence-corrected chi connectivity index (χ4v) is 3.72. The molecule has 1 heterocycles. The van der Waals surface area contributed by atoms with Gasteiger partial charge in [0.25, 0.3) is 5.56 Å². The van der Waals surface area contributed by atoms with Crippen LogP contribution in [0.5, 0.6) is 17.2 Å². The number of unbranched alkanes of at least 4 members (excludes halogenated alkanes) is 7. The van der Waals surface area contributed by atoms with E-state index in [1.165, 1.54) is 25.7 Å². The average molecular weight is 432 g/mol. The van der Waals surface area contributed by atoms with Crippen LogP contribution in [0.3, 0.4) is 0 Å². The second kappa shape index (κ2) is 14.0. The molecule has 31 heavy (non-hydrogen) atoms. The summed E-state index contributed by atoms with van der Waals surface area (Å²) < 4.78 is 19.6. The Hall–Kier alpha value is -2.17. The SMILES string of the molecule is CCCCCCOc1c(OCCCCCC)c2ccc(OC)cc2n(CCCC)c1=O. The van der Waals surface area contributed by atoms with Crippen molar-refractivity contribution >= 4 is 10.9 Å². The molecule has 0 aliphatic heterocycles. The normalized spacial score (nSPS) is 11.1. The first kappa shape index (κ1) is 25.1. The first-order valence-corrected chi connectivity index (χ1v) is 12.2. The number of nitrogens with zero attached hydrogens (tertiary/aromatic N) is 1. The molecule has 174 valence electrons. The number of hydrogen-bond donors (Lipinski definition) is 0. The Bertz CT molecular complexity index is 843. The highest BCUT2D eigenvalue weighted by Crippen LogP contribution is 2.35. The van der Waals surface area contributed by atoms with Gasteiger partial charge in [-0.05, 0) is 31.4 Å². The Morgan fingerprint density at radius 2 is 1.39 bits per heavy atom. The highest BCUT2D eigenvalue weighted by Gasteiger charge is 2.20. The first-order chi connectivity index (χ1) is 15.2. The van der Waals surface area contributed by atoms with E-state index in [-0.39, 0.29) is 5.56 Å². The summed E-state index contributed by atoms with van der Waals surface area (Å²) in [6.07, 6.45) is 10.8. The van der Waals surface area contributed by atoms with Gasteiger partial charge in [-0.3, -0.25) is 4.79 Å². The van der Waals surface area contributed by atoms with E-state index < -0.39 is 0 Å². The summed E-state index contributed by atoms with van der Waals surface area (Å²) in [5, 5.41) is 0.913. The van der Waals surface area contributed by atoms with Crippen molar-refractivity contribution in [3.05, 3.63) is 28.6 Å². The van der Waals surface area contributed by atoms with Gasteiger partial charge in [0.05, 0.1) is 25.8 Å². The maximum Gasteiger partial charge on any atom is 0.297 e. The van der Waals surface area contributed by atoms with E-state index in [0.29, 0.717) is 31.3 Å². The van der Waals surface area contributed by atoms with E-state index in [0.717, 1.165) is 55.2 Å². The summed E-state index contributed by atoms with van der Waals surface area (Å²) >= 11 is 0. The van der Waals surface area contributed by atoms with Crippen LogP contribution in [0.15, 0.2) is 23.0 Å². The fraction of sp³-hybridized carbons (Fsp3) is 0.654. The predicted molar refractivity (Wildman–Crippen MR) is 129 cm³/mol. The molecule has 0 aliphatic carbocycles. The van der Waals surface area contributed by atoms with Gasteiger partial charge >= 0.3 is 0 Å². The zero-order chi connectivity index (χ0) is 22.5. The molecular formula is C26H41NO4. The van der Waals surface area contributed by atoms with E-state index in [2.05, 4.69) is 20.8 Å². The lowest BCUT2D eigenvalue weighted by atomic mass is 10.1. The average Bonchev–Trinajstić information content (AvgIpc) is 2.79. The third-order valence-corrected chi connectivity index (χ3v) is 5.61. The largest absolute Gasteiger partial charge is 0.497 e. The fourth-order valence-electron chi connectivity index (χ4n) is 3.72. The van der Waals surface area contributed by atoms with Gasteiger partial charge in [-0.15, -0.1) is 0 Å². The maximum absolute atomic E-state index is 13.5. The second-order valence-corrected chi connectivity index (χ2v) is 8.17. The van der Waals surface area contributed by atoms with Gasteiger partial charge in [-0.2, -0.15) is 0 Å². The van der Waals surface area contributed by atoms with Crippen LogP contribution in [0.25, 0.3) is 10.9 Å². The van der Waals surface area contributed by atoms with Crippen molar-refractivity contribution in [2.24, 2.45) is 0 Å². The van der Waals surface area contributed by atoms with Crippen LogP contribution in [-0.2, 0) is 6.54 Å². The molecule has 0 fully saturated rings. The van der Waals surface area contributed by atoms with Crippen molar-refractivity contribution in [2.75, 3.05) is 20.3 Å². The van der Waals surface area contributed by atoms with Crippen molar-refractivity contribution in [2.45, 2.75) is 91.5 Å². The lowest BCUT2D eigenvalue weighted by Crippen LogP contribution is -2.24. The van der Waals surface area contributed by atoms with Crippen molar-refractivity contribution < 1.29 is 14.2 Å².